The standard InChI is InChI=1S/C12H11N3O2/c1-8-10(12(16)17)7-14-11(15-8)6-9-2-4-13-5-3-9/h2-5,7H,6H2,1H3,(H,16,17). The van der Waals surface area contributed by atoms with Gasteiger partial charge in [0.15, 0.2) is 0 Å². The SMILES string of the molecule is Cc1nc(Cc2ccncc2)ncc1C(=O)O. The van der Waals surface area contributed by atoms with E-state index in [0.717, 1.165) is 5.56 Å². The highest BCUT2D eigenvalue weighted by molar-refractivity contribution is 5.88. The lowest BCUT2D eigenvalue weighted by molar-refractivity contribution is 0.0695. The van der Waals surface area contributed by atoms with Crippen LogP contribution in [0.4, 0.5) is 0 Å². The van der Waals surface area contributed by atoms with Gasteiger partial charge in [-0.25, -0.2) is 14.8 Å². The zero-order valence-electron chi connectivity index (χ0n) is 9.29. The predicted octanol–water partition coefficient (Wildman–Crippen LogP) is 1.47. The molecule has 2 heterocycles. The van der Waals surface area contributed by atoms with E-state index in [1.807, 2.05) is 12.1 Å². The summed E-state index contributed by atoms with van der Waals surface area (Å²) in [5, 5.41) is 8.86. The van der Waals surface area contributed by atoms with Gasteiger partial charge in [-0.1, -0.05) is 0 Å². The van der Waals surface area contributed by atoms with Gasteiger partial charge in [0.25, 0.3) is 0 Å². The molecule has 0 atom stereocenters. The number of aryl methyl sites for hydroxylation is 1. The first-order chi connectivity index (χ1) is 8.16. The number of pyridine rings is 1. The van der Waals surface area contributed by atoms with E-state index in [9.17, 15) is 4.79 Å². The van der Waals surface area contributed by atoms with E-state index in [4.69, 9.17) is 5.11 Å². The van der Waals surface area contributed by atoms with Gasteiger partial charge in [-0.05, 0) is 24.6 Å². The first-order valence-electron chi connectivity index (χ1n) is 5.11. The zero-order valence-corrected chi connectivity index (χ0v) is 9.29. The number of aromatic nitrogens is 3. The summed E-state index contributed by atoms with van der Waals surface area (Å²) < 4.78 is 0. The van der Waals surface area contributed by atoms with Crippen molar-refractivity contribution >= 4 is 5.97 Å². The second-order valence-electron chi connectivity index (χ2n) is 3.62. The fraction of sp³-hybridized carbons (Fsp3) is 0.167. The Morgan fingerprint density at radius 3 is 2.65 bits per heavy atom. The zero-order chi connectivity index (χ0) is 12.3. The van der Waals surface area contributed by atoms with Gasteiger partial charge in [-0.3, -0.25) is 4.98 Å². The van der Waals surface area contributed by atoms with Crippen LogP contribution in [0, 0.1) is 6.92 Å². The molecule has 0 fully saturated rings. The second kappa shape index (κ2) is 4.69. The van der Waals surface area contributed by atoms with E-state index in [1.54, 1.807) is 19.3 Å². The fourth-order valence-corrected chi connectivity index (χ4v) is 1.49. The highest BCUT2D eigenvalue weighted by Crippen LogP contribution is 2.08. The number of hydrogen-bond donors (Lipinski definition) is 1. The quantitative estimate of drug-likeness (QED) is 0.862. The van der Waals surface area contributed by atoms with E-state index in [-0.39, 0.29) is 5.56 Å². The molecule has 0 aromatic carbocycles. The highest BCUT2D eigenvalue weighted by Gasteiger charge is 2.09. The number of nitrogens with zero attached hydrogens (tertiary/aromatic N) is 3. The number of aromatic carboxylic acids is 1. The van der Waals surface area contributed by atoms with Gasteiger partial charge in [-0.2, -0.15) is 0 Å². The lowest BCUT2D eigenvalue weighted by Gasteiger charge is -2.03. The summed E-state index contributed by atoms with van der Waals surface area (Å²) >= 11 is 0. The Morgan fingerprint density at radius 2 is 2.06 bits per heavy atom. The van der Waals surface area contributed by atoms with Gasteiger partial charge in [0, 0.05) is 25.0 Å². The van der Waals surface area contributed by atoms with E-state index in [0.29, 0.717) is 17.9 Å². The van der Waals surface area contributed by atoms with Crippen molar-refractivity contribution in [3.8, 4) is 0 Å². The minimum atomic E-state index is -1.00. The lowest BCUT2D eigenvalue weighted by atomic mass is 10.2. The lowest BCUT2D eigenvalue weighted by Crippen LogP contribution is -2.06. The van der Waals surface area contributed by atoms with Crippen molar-refractivity contribution < 1.29 is 9.90 Å². The molecule has 17 heavy (non-hydrogen) atoms. The molecule has 0 aliphatic heterocycles. The van der Waals surface area contributed by atoms with Gasteiger partial charge in [0.1, 0.15) is 5.82 Å². The van der Waals surface area contributed by atoms with Crippen molar-refractivity contribution in [2.75, 3.05) is 0 Å². The molecule has 5 heteroatoms. The van der Waals surface area contributed by atoms with Crippen LogP contribution < -0.4 is 0 Å². The summed E-state index contributed by atoms with van der Waals surface area (Å²) in [4.78, 5) is 22.9. The molecule has 5 nitrogen and oxygen atoms in total. The Morgan fingerprint density at radius 1 is 1.35 bits per heavy atom. The molecule has 0 unspecified atom stereocenters. The van der Waals surface area contributed by atoms with Crippen LogP contribution >= 0.6 is 0 Å². The van der Waals surface area contributed by atoms with Crippen molar-refractivity contribution in [2.45, 2.75) is 13.3 Å². The van der Waals surface area contributed by atoms with Crippen LogP contribution in [-0.2, 0) is 6.42 Å². The first kappa shape index (κ1) is 11.2. The minimum Gasteiger partial charge on any atom is -0.478 e. The van der Waals surface area contributed by atoms with Crippen LogP contribution in [0.1, 0.15) is 27.4 Å². The highest BCUT2D eigenvalue weighted by atomic mass is 16.4. The summed E-state index contributed by atoms with van der Waals surface area (Å²) in [6.07, 6.45) is 5.33. The van der Waals surface area contributed by atoms with Gasteiger partial charge < -0.3 is 5.11 Å². The molecule has 2 aromatic rings. The number of carbonyl (C=O) groups is 1. The van der Waals surface area contributed by atoms with Gasteiger partial charge in [0.05, 0.1) is 11.3 Å². The summed E-state index contributed by atoms with van der Waals surface area (Å²) in [6, 6.07) is 3.76. The molecule has 2 aromatic heterocycles. The normalized spacial score (nSPS) is 10.2. The molecule has 0 saturated heterocycles. The Bertz CT molecular complexity index is 541. The Labute approximate surface area is 98.2 Å². The summed E-state index contributed by atoms with van der Waals surface area (Å²) in [7, 11) is 0. The third kappa shape index (κ3) is 2.63. The fourth-order valence-electron chi connectivity index (χ4n) is 1.49. The number of rotatable bonds is 3. The number of hydrogen-bond acceptors (Lipinski definition) is 4. The smallest absolute Gasteiger partial charge is 0.339 e. The van der Waals surface area contributed by atoms with E-state index >= 15 is 0 Å². The van der Waals surface area contributed by atoms with E-state index in [2.05, 4.69) is 15.0 Å². The average molecular weight is 229 g/mol. The second-order valence-corrected chi connectivity index (χ2v) is 3.62. The molecule has 0 spiro atoms. The van der Waals surface area contributed by atoms with Gasteiger partial charge in [0.2, 0.25) is 0 Å². The topological polar surface area (TPSA) is 76.0 Å². The molecule has 0 saturated carbocycles. The summed E-state index contributed by atoms with van der Waals surface area (Å²) in [6.45, 7) is 1.67. The summed E-state index contributed by atoms with van der Waals surface area (Å²) in [5.41, 5.74) is 1.67. The van der Waals surface area contributed by atoms with Crippen LogP contribution in [0.2, 0.25) is 0 Å². The van der Waals surface area contributed by atoms with Crippen molar-refractivity contribution in [1.29, 1.82) is 0 Å². The van der Waals surface area contributed by atoms with Gasteiger partial charge >= 0.3 is 5.97 Å². The predicted molar refractivity (Wildman–Crippen MR) is 60.8 cm³/mol. The molecule has 0 aliphatic rings. The third-order valence-corrected chi connectivity index (χ3v) is 2.37. The maximum Gasteiger partial charge on any atom is 0.339 e. The van der Waals surface area contributed by atoms with Crippen LogP contribution in [0.3, 0.4) is 0 Å². The first-order valence-corrected chi connectivity index (χ1v) is 5.11. The van der Waals surface area contributed by atoms with Crippen LogP contribution in [0.5, 0.6) is 0 Å². The monoisotopic (exact) mass is 229 g/mol. The van der Waals surface area contributed by atoms with Gasteiger partial charge in [-0.15, -0.1) is 0 Å². The minimum absolute atomic E-state index is 0.142. The molecule has 0 aliphatic carbocycles. The Hall–Kier alpha value is -2.30. The molecule has 86 valence electrons. The third-order valence-electron chi connectivity index (χ3n) is 2.37. The Kier molecular flexibility index (Phi) is 3.09. The molecule has 0 amide bonds. The van der Waals surface area contributed by atoms with Crippen LogP contribution in [0.25, 0.3) is 0 Å². The van der Waals surface area contributed by atoms with Crippen molar-refractivity contribution in [1.82, 2.24) is 15.0 Å². The average Bonchev–Trinajstić information content (AvgIpc) is 2.30. The molecular weight excluding hydrogens is 218 g/mol. The maximum atomic E-state index is 10.8. The van der Waals surface area contributed by atoms with Crippen LogP contribution in [-0.4, -0.2) is 26.0 Å². The Balaban J connectivity index is 2.24. The molecule has 0 radical (unpaired) electrons. The summed E-state index contributed by atoms with van der Waals surface area (Å²) in [5.74, 6) is -0.392. The van der Waals surface area contributed by atoms with E-state index in [1.165, 1.54) is 6.20 Å². The molecule has 2 rings (SSSR count). The molecule has 1 N–H and O–H groups in total. The molecule has 0 bridgehead atoms. The van der Waals surface area contributed by atoms with Crippen molar-refractivity contribution in [3.05, 3.63) is 53.4 Å². The van der Waals surface area contributed by atoms with E-state index < -0.39 is 5.97 Å². The largest absolute Gasteiger partial charge is 0.478 e. The number of carboxylic acids is 1. The van der Waals surface area contributed by atoms with Crippen molar-refractivity contribution in [2.24, 2.45) is 0 Å². The van der Waals surface area contributed by atoms with Crippen molar-refractivity contribution in [3.63, 3.8) is 0 Å². The molecular formula is C12H11N3O2. The maximum absolute atomic E-state index is 10.8. The van der Waals surface area contributed by atoms with Crippen LogP contribution in [0.15, 0.2) is 30.7 Å². The number of carboxylic acid groups (broad SMARTS) is 1.